The topological polar surface area (TPSA) is 60.9 Å². The van der Waals surface area contributed by atoms with Crippen molar-refractivity contribution in [2.75, 3.05) is 50.8 Å². The Kier molecular flexibility index (Phi) is 6.40. The highest BCUT2D eigenvalue weighted by Gasteiger charge is 2.36. The number of halogens is 1. The number of aromatic nitrogens is 1. The van der Waals surface area contributed by atoms with Gasteiger partial charge in [0.1, 0.15) is 11.6 Å². The second-order valence-corrected chi connectivity index (χ2v) is 8.04. The average molecular weight is 400 g/mol. The van der Waals surface area contributed by atoms with Crippen molar-refractivity contribution in [2.24, 2.45) is 0 Å². The number of benzene rings is 1. The molecule has 2 fully saturated rings. The van der Waals surface area contributed by atoms with Crippen molar-refractivity contribution < 1.29 is 14.2 Å². The summed E-state index contributed by atoms with van der Waals surface area (Å²) in [4.78, 5) is 8.53. The Bertz CT molecular complexity index is 798. The Morgan fingerprint density at radius 3 is 2.76 bits per heavy atom. The summed E-state index contributed by atoms with van der Waals surface area (Å²) in [7, 11) is 0. The van der Waals surface area contributed by atoms with Gasteiger partial charge in [0, 0.05) is 45.8 Å². The minimum absolute atomic E-state index is 0.347. The molecule has 156 valence electrons. The molecule has 0 radical (unpaired) electrons. The molecule has 0 spiro atoms. The van der Waals surface area contributed by atoms with Gasteiger partial charge in [0.25, 0.3) is 0 Å². The van der Waals surface area contributed by atoms with Crippen LogP contribution in [0.25, 0.3) is 0 Å². The number of hydrogen-bond donors (Lipinski definition) is 2. The second kappa shape index (κ2) is 9.17. The first-order chi connectivity index (χ1) is 14.1. The number of nitrogens with one attached hydrogen (secondary N) is 1. The Morgan fingerprint density at radius 2 is 1.97 bits per heavy atom. The molecule has 1 atom stereocenters. The van der Waals surface area contributed by atoms with Crippen LogP contribution in [0, 0.1) is 5.82 Å². The smallest absolute Gasteiger partial charge is 0.141 e. The van der Waals surface area contributed by atoms with Crippen LogP contribution < -0.4 is 10.2 Å². The van der Waals surface area contributed by atoms with Crippen molar-refractivity contribution in [3.8, 4) is 0 Å². The first-order valence-corrected chi connectivity index (χ1v) is 10.3. The normalized spacial score (nSPS) is 22.9. The Labute approximate surface area is 171 Å². The molecule has 2 aromatic rings. The molecular formula is C22H29FN4O2. The lowest BCUT2D eigenvalue weighted by molar-refractivity contribution is 0.0342. The molecule has 6 nitrogen and oxygen atoms in total. The first kappa shape index (κ1) is 20.2. The average Bonchev–Trinajstić information content (AvgIpc) is 3.12. The minimum atomic E-state index is -0.804. The van der Waals surface area contributed by atoms with E-state index < -0.39 is 5.60 Å². The maximum atomic E-state index is 13.1. The number of pyridine rings is 1. The quantitative estimate of drug-likeness (QED) is 0.739. The highest BCUT2D eigenvalue weighted by molar-refractivity contribution is 5.40. The summed E-state index contributed by atoms with van der Waals surface area (Å²) in [6, 6.07) is 11.7. The molecule has 2 aliphatic rings. The van der Waals surface area contributed by atoms with Gasteiger partial charge in [-0.15, -0.1) is 0 Å². The maximum Gasteiger partial charge on any atom is 0.141 e. The molecular weight excluding hydrogens is 371 g/mol. The molecule has 1 aromatic carbocycles. The molecule has 3 heterocycles. The molecule has 2 aliphatic heterocycles. The number of hydrogen-bond acceptors (Lipinski definition) is 6. The fourth-order valence-corrected chi connectivity index (χ4v) is 4.05. The van der Waals surface area contributed by atoms with E-state index in [4.69, 9.17) is 4.74 Å². The zero-order valence-electron chi connectivity index (χ0n) is 16.7. The molecule has 2 N–H and O–H groups in total. The number of β-amino-alcohol motifs (C(OH)–C–C–N with tert-alkyl or cyclic N) is 1. The molecule has 0 aliphatic carbocycles. The third-order valence-corrected chi connectivity index (χ3v) is 5.65. The lowest BCUT2D eigenvalue weighted by atomic mass is 10.0. The van der Waals surface area contributed by atoms with Crippen LogP contribution in [0.2, 0.25) is 0 Å². The standard InChI is InChI=1S/C22H29FN4O2/c23-20-4-5-21(25-14-20)27-7-6-22(28,17-27)16-24-13-18-2-1-3-19(12-18)15-26-8-10-29-11-9-26/h1-5,12,14,24,28H,6-11,13,15-17H2. The van der Waals surface area contributed by atoms with Gasteiger partial charge in [-0.05, 0) is 29.7 Å². The van der Waals surface area contributed by atoms with Crippen molar-refractivity contribution >= 4 is 5.82 Å². The van der Waals surface area contributed by atoms with Gasteiger partial charge in [-0.25, -0.2) is 9.37 Å². The molecule has 7 heteroatoms. The van der Waals surface area contributed by atoms with Crippen LogP contribution in [-0.4, -0.2) is 66.5 Å². The van der Waals surface area contributed by atoms with Crippen LogP contribution in [0.5, 0.6) is 0 Å². The fourth-order valence-electron chi connectivity index (χ4n) is 4.05. The number of aliphatic hydroxyl groups is 1. The van der Waals surface area contributed by atoms with E-state index in [1.54, 1.807) is 6.07 Å². The summed E-state index contributed by atoms with van der Waals surface area (Å²) in [6.07, 6.45) is 1.88. The molecule has 1 aromatic heterocycles. The largest absolute Gasteiger partial charge is 0.387 e. The SMILES string of the molecule is OC1(CNCc2cccc(CN3CCOCC3)c2)CCN(c2ccc(F)cn2)C1. The number of rotatable bonds is 7. The van der Waals surface area contributed by atoms with Gasteiger partial charge in [-0.2, -0.15) is 0 Å². The molecule has 0 bridgehead atoms. The van der Waals surface area contributed by atoms with Crippen LogP contribution in [0.4, 0.5) is 10.2 Å². The highest BCUT2D eigenvalue weighted by atomic mass is 19.1. The highest BCUT2D eigenvalue weighted by Crippen LogP contribution is 2.25. The third-order valence-electron chi connectivity index (χ3n) is 5.65. The van der Waals surface area contributed by atoms with E-state index in [1.165, 1.54) is 23.4 Å². The molecule has 0 amide bonds. The number of nitrogens with zero attached hydrogens (tertiary/aromatic N) is 3. The second-order valence-electron chi connectivity index (χ2n) is 8.04. The van der Waals surface area contributed by atoms with Gasteiger partial charge < -0.3 is 20.1 Å². The van der Waals surface area contributed by atoms with E-state index in [2.05, 4.69) is 39.5 Å². The van der Waals surface area contributed by atoms with Gasteiger partial charge in [0.2, 0.25) is 0 Å². The predicted molar refractivity (Wildman–Crippen MR) is 110 cm³/mol. The predicted octanol–water partition coefficient (Wildman–Crippen LogP) is 1.78. The van der Waals surface area contributed by atoms with Crippen LogP contribution in [0.1, 0.15) is 17.5 Å². The van der Waals surface area contributed by atoms with E-state index >= 15 is 0 Å². The first-order valence-electron chi connectivity index (χ1n) is 10.3. The van der Waals surface area contributed by atoms with Gasteiger partial charge in [0.15, 0.2) is 0 Å². The van der Waals surface area contributed by atoms with E-state index in [-0.39, 0.29) is 5.82 Å². The summed E-state index contributed by atoms with van der Waals surface area (Å²) in [5.41, 5.74) is 1.72. The van der Waals surface area contributed by atoms with E-state index in [0.29, 0.717) is 38.4 Å². The van der Waals surface area contributed by atoms with Gasteiger partial charge in [-0.1, -0.05) is 24.3 Å². The van der Waals surface area contributed by atoms with Gasteiger partial charge in [-0.3, -0.25) is 4.90 Å². The Morgan fingerprint density at radius 1 is 1.14 bits per heavy atom. The Hall–Kier alpha value is -2.06. The summed E-state index contributed by atoms with van der Waals surface area (Å²) < 4.78 is 18.5. The third kappa shape index (κ3) is 5.51. The lowest BCUT2D eigenvalue weighted by Crippen LogP contribution is -2.43. The number of anilines is 1. The van der Waals surface area contributed by atoms with Crippen molar-refractivity contribution in [2.45, 2.75) is 25.1 Å². The number of morpholine rings is 1. The van der Waals surface area contributed by atoms with Crippen LogP contribution in [0.15, 0.2) is 42.6 Å². The van der Waals surface area contributed by atoms with E-state index in [0.717, 1.165) is 32.8 Å². The zero-order chi connectivity index (χ0) is 20.1. The molecule has 29 heavy (non-hydrogen) atoms. The summed E-state index contributed by atoms with van der Waals surface area (Å²) >= 11 is 0. The monoisotopic (exact) mass is 400 g/mol. The van der Waals surface area contributed by atoms with Gasteiger partial charge in [0.05, 0.1) is 25.0 Å². The number of ether oxygens (including phenoxy) is 1. The van der Waals surface area contributed by atoms with Gasteiger partial charge >= 0.3 is 0 Å². The van der Waals surface area contributed by atoms with Crippen molar-refractivity contribution in [3.63, 3.8) is 0 Å². The minimum Gasteiger partial charge on any atom is -0.387 e. The van der Waals surface area contributed by atoms with Crippen LogP contribution in [0.3, 0.4) is 0 Å². The molecule has 2 saturated heterocycles. The van der Waals surface area contributed by atoms with Crippen LogP contribution >= 0.6 is 0 Å². The summed E-state index contributed by atoms with van der Waals surface area (Å²) in [5.74, 6) is 0.360. The van der Waals surface area contributed by atoms with Crippen molar-refractivity contribution in [1.82, 2.24) is 15.2 Å². The molecule has 1 unspecified atom stereocenters. The summed E-state index contributed by atoms with van der Waals surface area (Å²) in [5, 5.41) is 14.3. The Balaban J connectivity index is 1.26. The van der Waals surface area contributed by atoms with E-state index in [1.807, 2.05) is 4.90 Å². The molecule has 0 saturated carbocycles. The fraction of sp³-hybridized carbons (Fsp3) is 0.500. The van der Waals surface area contributed by atoms with Crippen LogP contribution in [-0.2, 0) is 17.8 Å². The molecule has 4 rings (SSSR count). The van der Waals surface area contributed by atoms with Crippen molar-refractivity contribution in [3.05, 3.63) is 59.5 Å². The lowest BCUT2D eigenvalue weighted by Gasteiger charge is -2.26. The van der Waals surface area contributed by atoms with Crippen molar-refractivity contribution in [1.29, 1.82) is 0 Å². The van der Waals surface area contributed by atoms with E-state index in [9.17, 15) is 9.50 Å². The maximum absolute atomic E-state index is 13.1. The zero-order valence-corrected chi connectivity index (χ0v) is 16.7. The summed E-state index contributed by atoms with van der Waals surface area (Å²) in [6.45, 7) is 6.97.